The fraction of sp³-hybridized carbons (Fsp3) is 0.364. The van der Waals surface area contributed by atoms with Crippen LogP contribution in [-0.4, -0.2) is 36.4 Å². The summed E-state index contributed by atoms with van der Waals surface area (Å²) in [7, 11) is 3.37. The van der Waals surface area contributed by atoms with Crippen molar-refractivity contribution in [3.63, 3.8) is 0 Å². The van der Waals surface area contributed by atoms with Gasteiger partial charge in [0, 0.05) is 39.2 Å². The zero-order valence-electron chi connectivity index (χ0n) is 10.3. The van der Waals surface area contributed by atoms with E-state index in [-0.39, 0.29) is 11.6 Å². The molecule has 0 unspecified atom stereocenters. The molecule has 0 aromatic heterocycles. The molecule has 0 atom stereocenters. The molecule has 1 amide bonds. The number of nitrogens with one attached hydrogen (secondary N) is 1. The molecule has 0 saturated heterocycles. The number of hydrogen-bond donors (Lipinski definition) is 2. The van der Waals surface area contributed by atoms with Crippen LogP contribution < -0.4 is 11.1 Å². The Morgan fingerprint density at radius 2 is 2.17 bits per heavy atom. The largest absolute Gasteiger partial charge is 0.397 e. The molecule has 0 aliphatic carbocycles. The lowest BCUT2D eigenvalue weighted by molar-refractivity contribution is -0.384. The predicted molar refractivity (Wildman–Crippen MR) is 69.3 cm³/mol. The van der Waals surface area contributed by atoms with E-state index in [2.05, 4.69) is 5.32 Å². The number of nitro groups is 1. The van der Waals surface area contributed by atoms with Gasteiger partial charge in [0.15, 0.2) is 0 Å². The molecular formula is C11H16N4O3. The number of nitro benzene ring substituents is 1. The Bertz CT molecular complexity index is 460. The summed E-state index contributed by atoms with van der Waals surface area (Å²) in [6.07, 6.45) is 0.337. The molecule has 0 fully saturated rings. The number of hydrogen-bond acceptors (Lipinski definition) is 5. The number of carbonyl (C=O) groups is 1. The minimum absolute atomic E-state index is 0.00276. The number of carbonyl (C=O) groups excluding carboxylic acids is 1. The summed E-state index contributed by atoms with van der Waals surface area (Å²) in [5, 5.41) is 13.5. The maximum Gasteiger partial charge on any atom is 0.271 e. The summed E-state index contributed by atoms with van der Waals surface area (Å²) >= 11 is 0. The average molecular weight is 252 g/mol. The van der Waals surface area contributed by atoms with Crippen LogP contribution in [-0.2, 0) is 4.79 Å². The van der Waals surface area contributed by atoms with Gasteiger partial charge >= 0.3 is 0 Å². The van der Waals surface area contributed by atoms with Crippen LogP contribution in [0.1, 0.15) is 6.42 Å². The van der Waals surface area contributed by atoms with E-state index in [1.165, 1.54) is 23.1 Å². The number of nitrogens with zero attached hydrogens (tertiary/aromatic N) is 2. The second-order valence-corrected chi connectivity index (χ2v) is 3.99. The number of nitrogens with two attached hydrogens (primary N) is 1. The zero-order valence-corrected chi connectivity index (χ0v) is 10.3. The quantitative estimate of drug-likeness (QED) is 0.463. The first kappa shape index (κ1) is 13.8. The van der Waals surface area contributed by atoms with Crippen LogP contribution in [0.5, 0.6) is 0 Å². The third-order valence-electron chi connectivity index (χ3n) is 2.40. The van der Waals surface area contributed by atoms with Crippen molar-refractivity contribution in [3.8, 4) is 0 Å². The van der Waals surface area contributed by atoms with Gasteiger partial charge in [-0.05, 0) is 6.07 Å². The molecule has 1 aromatic carbocycles. The lowest BCUT2D eigenvalue weighted by Crippen LogP contribution is -2.24. The summed E-state index contributed by atoms with van der Waals surface area (Å²) < 4.78 is 0. The smallest absolute Gasteiger partial charge is 0.271 e. The molecule has 0 aliphatic rings. The van der Waals surface area contributed by atoms with E-state index < -0.39 is 4.92 Å². The fourth-order valence-electron chi connectivity index (χ4n) is 1.35. The van der Waals surface area contributed by atoms with E-state index in [0.29, 0.717) is 24.3 Å². The Morgan fingerprint density at radius 3 is 2.67 bits per heavy atom. The highest BCUT2D eigenvalue weighted by atomic mass is 16.6. The molecule has 3 N–H and O–H groups in total. The van der Waals surface area contributed by atoms with Crippen molar-refractivity contribution in [1.29, 1.82) is 0 Å². The summed E-state index contributed by atoms with van der Waals surface area (Å²) in [6.45, 7) is 0.430. The number of nitrogen functional groups attached to an aromatic ring is 1. The van der Waals surface area contributed by atoms with Crippen molar-refractivity contribution >= 4 is 23.0 Å². The maximum atomic E-state index is 11.3. The molecule has 0 saturated carbocycles. The summed E-state index contributed by atoms with van der Waals surface area (Å²) in [6, 6.07) is 4.19. The van der Waals surface area contributed by atoms with E-state index in [1.807, 2.05) is 0 Å². The second-order valence-electron chi connectivity index (χ2n) is 3.99. The molecule has 0 spiro atoms. The number of benzene rings is 1. The Balaban J connectivity index is 2.58. The molecule has 0 bridgehead atoms. The standard InChI is InChI=1S/C11H16N4O3/c1-14(2)11(16)5-6-13-10-4-3-8(15(17)18)7-9(10)12/h3-4,7,13H,5-6,12H2,1-2H3. The highest BCUT2D eigenvalue weighted by Crippen LogP contribution is 2.23. The molecular weight excluding hydrogens is 236 g/mol. The van der Waals surface area contributed by atoms with Crippen molar-refractivity contribution < 1.29 is 9.72 Å². The van der Waals surface area contributed by atoms with Gasteiger partial charge in [-0.3, -0.25) is 14.9 Å². The lowest BCUT2D eigenvalue weighted by Gasteiger charge is -2.12. The Hall–Kier alpha value is -2.31. The van der Waals surface area contributed by atoms with Gasteiger partial charge in [0.1, 0.15) is 0 Å². The van der Waals surface area contributed by atoms with Gasteiger partial charge < -0.3 is 16.0 Å². The van der Waals surface area contributed by atoms with Crippen molar-refractivity contribution in [2.24, 2.45) is 0 Å². The van der Waals surface area contributed by atoms with E-state index in [4.69, 9.17) is 5.73 Å². The van der Waals surface area contributed by atoms with Gasteiger partial charge in [0.2, 0.25) is 5.91 Å². The van der Waals surface area contributed by atoms with Gasteiger partial charge in [-0.25, -0.2) is 0 Å². The first-order valence-corrected chi connectivity index (χ1v) is 5.39. The van der Waals surface area contributed by atoms with Crippen LogP contribution in [0.25, 0.3) is 0 Å². The van der Waals surface area contributed by atoms with E-state index in [9.17, 15) is 14.9 Å². The predicted octanol–water partition coefficient (Wildman–Crippen LogP) is 1.07. The number of non-ortho nitro benzene ring substituents is 1. The molecule has 7 heteroatoms. The van der Waals surface area contributed by atoms with Crippen LogP contribution in [0.3, 0.4) is 0 Å². The average Bonchev–Trinajstić information content (AvgIpc) is 2.30. The molecule has 7 nitrogen and oxygen atoms in total. The van der Waals surface area contributed by atoms with Crippen molar-refractivity contribution in [2.45, 2.75) is 6.42 Å². The summed E-state index contributed by atoms with van der Waals surface area (Å²) in [4.78, 5) is 22.8. The fourth-order valence-corrected chi connectivity index (χ4v) is 1.35. The highest BCUT2D eigenvalue weighted by molar-refractivity contribution is 5.76. The minimum atomic E-state index is -0.504. The molecule has 1 aromatic rings. The molecule has 0 heterocycles. The Morgan fingerprint density at radius 1 is 1.50 bits per heavy atom. The highest BCUT2D eigenvalue weighted by Gasteiger charge is 2.09. The molecule has 98 valence electrons. The lowest BCUT2D eigenvalue weighted by atomic mass is 10.2. The van der Waals surface area contributed by atoms with E-state index >= 15 is 0 Å². The monoisotopic (exact) mass is 252 g/mol. The number of amides is 1. The topological polar surface area (TPSA) is 102 Å². The van der Waals surface area contributed by atoms with Gasteiger partial charge in [0.25, 0.3) is 5.69 Å². The molecule has 1 rings (SSSR count). The van der Waals surface area contributed by atoms with E-state index in [1.54, 1.807) is 14.1 Å². The van der Waals surface area contributed by atoms with Crippen molar-refractivity contribution in [2.75, 3.05) is 31.7 Å². The molecule has 18 heavy (non-hydrogen) atoms. The number of anilines is 2. The van der Waals surface area contributed by atoms with Crippen LogP contribution in [0, 0.1) is 10.1 Å². The normalized spacial score (nSPS) is 9.89. The summed E-state index contributed by atoms with van der Waals surface area (Å²) in [5.74, 6) is 0.00276. The van der Waals surface area contributed by atoms with Gasteiger partial charge in [-0.15, -0.1) is 0 Å². The Labute approximate surface area is 105 Å². The van der Waals surface area contributed by atoms with Crippen LogP contribution in [0.4, 0.5) is 17.1 Å². The molecule has 0 aliphatic heterocycles. The zero-order chi connectivity index (χ0) is 13.7. The minimum Gasteiger partial charge on any atom is -0.397 e. The van der Waals surface area contributed by atoms with Gasteiger partial charge in [-0.1, -0.05) is 0 Å². The SMILES string of the molecule is CN(C)C(=O)CCNc1ccc([N+](=O)[O-])cc1N. The maximum absolute atomic E-state index is 11.3. The first-order valence-electron chi connectivity index (χ1n) is 5.39. The van der Waals surface area contributed by atoms with Crippen LogP contribution in [0.15, 0.2) is 18.2 Å². The van der Waals surface area contributed by atoms with Gasteiger partial charge in [0.05, 0.1) is 16.3 Å². The van der Waals surface area contributed by atoms with E-state index in [0.717, 1.165) is 0 Å². The van der Waals surface area contributed by atoms with Crippen LogP contribution in [0.2, 0.25) is 0 Å². The van der Waals surface area contributed by atoms with Gasteiger partial charge in [-0.2, -0.15) is 0 Å². The third-order valence-corrected chi connectivity index (χ3v) is 2.40. The molecule has 0 radical (unpaired) electrons. The Kier molecular flexibility index (Phi) is 4.47. The van der Waals surface area contributed by atoms with Crippen LogP contribution >= 0.6 is 0 Å². The third kappa shape index (κ3) is 3.62. The summed E-state index contributed by atoms with van der Waals surface area (Å²) in [5.41, 5.74) is 6.50. The second kappa shape index (κ2) is 5.85. The number of rotatable bonds is 5. The van der Waals surface area contributed by atoms with Crippen molar-refractivity contribution in [3.05, 3.63) is 28.3 Å². The first-order chi connectivity index (χ1) is 8.41. The van der Waals surface area contributed by atoms with Crippen molar-refractivity contribution in [1.82, 2.24) is 4.90 Å².